The van der Waals surface area contributed by atoms with E-state index in [1.807, 2.05) is 7.05 Å². The highest BCUT2D eigenvalue weighted by Gasteiger charge is 2.14. The Hall–Kier alpha value is -0.830. The predicted molar refractivity (Wildman–Crippen MR) is 73.2 cm³/mol. The molecule has 0 fully saturated rings. The minimum atomic E-state index is 0.452. The normalized spacial score (nSPS) is 12.9. The van der Waals surface area contributed by atoms with Gasteiger partial charge in [0.15, 0.2) is 0 Å². The number of aryl methyl sites for hydroxylation is 2. The maximum absolute atomic E-state index is 4.52. The van der Waals surface area contributed by atoms with Gasteiger partial charge in [0.2, 0.25) is 0 Å². The second kappa shape index (κ2) is 7.49. The van der Waals surface area contributed by atoms with Gasteiger partial charge in [-0.25, -0.2) is 0 Å². The zero-order valence-corrected chi connectivity index (χ0v) is 11.8. The molecule has 0 radical (unpaired) electrons. The van der Waals surface area contributed by atoms with Crippen LogP contribution in [-0.4, -0.2) is 16.8 Å². The van der Waals surface area contributed by atoms with Gasteiger partial charge in [0.25, 0.3) is 0 Å². The first-order valence-electron chi connectivity index (χ1n) is 6.94. The molecule has 0 amide bonds. The van der Waals surface area contributed by atoms with Gasteiger partial charge in [0, 0.05) is 12.6 Å². The Morgan fingerprint density at radius 3 is 2.65 bits per heavy atom. The first-order valence-corrected chi connectivity index (χ1v) is 6.94. The Labute approximate surface area is 106 Å². The third-order valence-corrected chi connectivity index (χ3v) is 3.28. The molecule has 0 saturated heterocycles. The van der Waals surface area contributed by atoms with Crippen molar-refractivity contribution < 1.29 is 0 Å². The Balaban J connectivity index is 2.59. The molecule has 0 aliphatic carbocycles. The van der Waals surface area contributed by atoms with Gasteiger partial charge in [-0.15, -0.1) is 0 Å². The molecule has 1 N–H and O–H groups in total. The molecule has 17 heavy (non-hydrogen) atoms. The van der Waals surface area contributed by atoms with Crippen molar-refractivity contribution in [3.63, 3.8) is 0 Å². The van der Waals surface area contributed by atoms with Gasteiger partial charge in [-0.3, -0.25) is 4.68 Å². The summed E-state index contributed by atoms with van der Waals surface area (Å²) >= 11 is 0. The summed E-state index contributed by atoms with van der Waals surface area (Å²) in [5, 5.41) is 7.94. The fourth-order valence-electron chi connectivity index (χ4n) is 2.31. The van der Waals surface area contributed by atoms with E-state index in [-0.39, 0.29) is 0 Å². The second-order valence-electron chi connectivity index (χ2n) is 4.72. The molecule has 0 spiro atoms. The molecule has 3 heteroatoms. The summed E-state index contributed by atoms with van der Waals surface area (Å²) in [5.74, 6) is 0. The standard InChI is InChI=1S/C14H27N3/c1-5-7-8-9-10-13(15-4)14-11-12(3)16-17(14)6-2/h11,13,15H,5-10H2,1-4H3. The topological polar surface area (TPSA) is 29.9 Å². The fraction of sp³-hybridized carbons (Fsp3) is 0.786. The van der Waals surface area contributed by atoms with Crippen molar-refractivity contribution in [2.75, 3.05) is 7.05 Å². The van der Waals surface area contributed by atoms with Crippen LogP contribution in [0.25, 0.3) is 0 Å². The Bertz CT molecular complexity index is 317. The molecule has 98 valence electrons. The second-order valence-corrected chi connectivity index (χ2v) is 4.72. The molecule has 1 heterocycles. The van der Waals surface area contributed by atoms with E-state index >= 15 is 0 Å². The highest BCUT2D eigenvalue weighted by atomic mass is 15.3. The molecule has 1 aromatic heterocycles. The largest absolute Gasteiger partial charge is 0.312 e. The molecule has 0 bridgehead atoms. The smallest absolute Gasteiger partial charge is 0.0597 e. The molecule has 1 rings (SSSR count). The van der Waals surface area contributed by atoms with Crippen LogP contribution >= 0.6 is 0 Å². The van der Waals surface area contributed by atoms with Gasteiger partial charge in [0.05, 0.1) is 11.4 Å². The van der Waals surface area contributed by atoms with Crippen LogP contribution in [0.4, 0.5) is 0 Å². The van der Waals surface area contributed by atoms with Crippen LogP contribution in [0.2, 0.25) is 0 Å². The fourth-order valence-corrected chi connectivity index (χ4v) is 2.31. The van der Waals surface area contributed by atoms with Crippen LogP contribution in [0.3, 0.4) is 0 Å². The minimum Gasteiger partial charge on any atom is -0.312 e. The van der Waals surface area contributed by atoms with Gasteiger partial charge in [-0.1, -0.05) is 32.6 Å². The van der Waals surface area contributed by atoms with E-state index in [2.05, 4.69) is 41.9 Å². The van der Waals surface area contributed by atoms with E-state index in [9.17, 15) is 0 Å². The first kappa shape index (κ1) is 14.2. The highest BCUT2D eigenvalue weighted by Crippen LogP contribution is 2.20. The SMILES string of the molecule is CCCCCCC(NC)c1cc(C)nn1CC. The Kier molecular flexibility index (Phi) is 6.27. The zero-order chi connectivity index (χ0) is 12.7. The van der Waals surface area contributed by atoms with Crippen LogP contribution in [0, 0.1) is 6.92 Å². The monoisotopic (exact) mass is 237 g/mol. The van der Waals surface area contributed by atoms with Crippen LogP contribution in [0.5, 0.6) is 0 Å². The first-order chi connectivity index (χ1) is 8.22. The average molecular weight is 237 g/mol. The summed E-state index contributed by atoms with van der Waals surface area (Å²) in [6.07, 6.45) is 6.50. The highest BCUT2D eigenvalue weighted by molar-refractivity contribution is 5.13. The maximum atomic E-state index is 4.52. The van der Waals surface area contributed by atoms with Crippen LogP contribution in [0.1, 0.15) is 63.4 Å². The maximum Gasteiger partial charge on any atom is 0.0597 e. The molecule has 0 aliphatic rings. The summed E-state index contributed by atoms with van der Waals surface area (Å²) < 4.78 is 2.12. The number of rotatable bonds is 8. The van der Waals surface area contributed by atoms with Gasteiger partial charge in [-0.05, 0) is 33.4 Å². The third-order valence-electron chi connectivity index (χ3n) is 3.28. The minimum absolute atomic E-state index is 0.452. The van der Waals surface area contributed by atoms with Gasteiger partial charge < -0.3 is 5.32 Å². The summed E-state index contributed by atoms with van der Waals surface area (Å²) in [5.41, 5.74) is 2.46. The Morgan fingerprint density at radius 1 is 1.29 bits per heavy atom. The average Bonchev–Trinajstić information content (AvgIpc) is 2.70. The van der Waals surface area contributed by atoms with Crippen molar-refractivity contribution in [1.82, 2.24) is 15.1 Å². The zero-order valence-electron chi connectivity index (χ0n) is 11.8. The summed E-state index contributed by atoms with van der Waals surface area (Å²) in [4.78, 5) is 0. The lowest BCUT2D eigenvalue weighted by Crippen LogP contribution is -2.20. The molecule has 1 unspecified atom stereocenters. The summed E-state index contributed by atoms with van der Waals surface area (Å²) in [7, 11) is 2.05. The number of nitrogens with one attached hydrogen (secondary N) is 1. The van der Waals surface area contributed by atoms with Crippen LogP contribution < -0.4 is 5.32 Å². The lowest BCUT2D eigenvalue weighted by Gasteiger charge is -2.17. The van der Waals surface area contributed by atoms with Crippen LogP contribution in [-0.2, 0) is 6.54 Å². The molecule has 1 aromatic rings. The van der Waals surface area contributed by atoms with Crippen molar-refractivity contribution in [2.45, 2.75) is 65.5 Å². The van der Waals surface area contributed by atoms with Gasteiger partial charge in [0.1, 0.15) is 0 Å². The quantitative estimate of drug-likeness (QED) is 0.702. The number of aromatic nitrogens is 2. The lowest BCUT2D eigenvalue weighted by atomic mass is 10.0. The Morgan fingerprint density at radius 2 is 2.06 bits per heavy atom. The number of nitrogens with zero attached hydrogens (tertiary/aromatic N) is 2. The van der Waals surface area contributed by atoms with Crippen molar-refractivity contribution >= 4 is 0 Å². The molecule has 0 aromatic carbocycles. The van der Waals surface area contributed by atoms with Crippen molar-refractivity contribution in [2.24, 2.45) is 0 Å². The van der Waals surface area contributed by atoms with E-state index in [4.69, 9.17) is 0 Å². The number of hydrogen-bond donors (Lipinski definition) is 1. The van der Waals surface area contributed by atoms with E-state index in [0.29, 0.717) is 6.04 Å². The van der Waals surface area contributed by atoms with E-state index < -0.39 is 0 Å². The molecule has 3 nitrogen and oxygen atoms in total. The molecule has 1 atom stereocenters. The van der Waals surface area contributed by atoms with Gasteiger partial charge >= 0.3 is 0 Å². The van der Waals surface area contributed by atoms with Crippen molar-refractivity contribution in [1.29, 1.82) is 0 Å². The number of hydrogen-bond acceptors (Lipinski definition) is 2. The van der Waals surface area contributed by atoms with E-state index in [1.54, 1.807) is 0 Å². The van der Waals surface area contributed by atoms with E-state index in [1.165, 1.54) is 37.8 Å². The van der Waals surface area contributed by atoms with Crippen molar-refractivity contribution in [3.05, 3.63) is 17.5 Å². The number of unbranched alkanes of at least 4 members (excludes halogenated alkanes) is 3. The van der Waals surface area contributed by atoms with E-state index in [0.717, 1.165) is 12.2 Å². The summed E-state index contributed by atoms with van der Waals surface area (Å²) in [6, 6.07) is 2.66. The van der Waals surface area contributed by atoms with Crippen LogP contribution in [0.15, 0.2) is 6.07 Å². The summed E-state index contributed by atoms with van der Waals surface area (Å²) in [6.45, 7) is 7.43. The molecule has 0 saturated carbocycles. The molecule has 0 aliphatic heterocycles. The molecular weight excluding hydrogens is 210 g/mol. The van der Waals surface area contributed by atoms with Gasteiger partial charge in [-0.2, -0.15) is 5.10 Å². The van der Waals surface area contributed by atoms with Crippen molar-refractivity contribution in [3.8, 4) is 0 Å². The predicted octanol–water partition coefficient (Wildman–Crippen LogP) is 3.44. The lowest BCUT2D eigenvalue weighted by molar-refractivity contribution is 0.464. The molecular formula is C14H27N3. The third kappa shape index (κ3) is 4.15.